The van der Waals surface area contributed by atoms with E-state index in [1.54, 1.807) is 0 Å². The summed E-state index contributed by atoms with van der Waals surface area (Å²) in [5.41, 5.74) is 2.76. The molecule has 0 aliphatic carbocycles. The number of halogens is 3. The maximum absolute atomic E-state index is 12.2. The highest BCUT2D eigenvalue weighted by Gasteiger charge is 2.16. The SMILES string of the molecule is NC(=O)c1[nH]c(C(F)F)cc(=O)c1Cl. The Kier molecular flexibility index (Phi) is 2.85. The van der Waals surface area contributed by atoms with Gasteiger partial charge in [0.25, 0.3) is 12.3 Å². The number of alkyl halides is 2. The molecule has 7 heteroatoms. The smallest absolute Gasteiger partial charge is 0.278 e. The molecule has 1 aromatic rings. The third-order valence-electron chi connectivity index (χ3n) is 1.47. The average molecular weight is 223 g/mol. The zero-order valence-electron chi connectivity index (χ0n) is 6.68. The van der Waals surface area contributed by atoms with Crippen LogP contribution >= 0.6 is 11.6 Å². The van der Waals surface area contributed by atoms with Crippen LogP contribution in [0.5, 0.6) is 0 Å². The number of nitrogens with one attached hydrogen (secondary N) is 1. The normalized spacial score (nSPS) is 10.6. The highest BCUT2D eigenvalue weighted by atomic mass is 35.5. The lowest BCUT2D eigenvalue weighted by atomic mass is 10.3. The van der Waals surface area contributed by atoms with Crippen LogP contribution < -0.4 is 11.2 Å². The van der Waals surface area contributed by atoms with Crippen LogP contribution in [0, 0.1) is 0 Å². The highest BCUT2D eigenvalue weighted by Crippen LogP contribution is 2.17. The van der Waals surface area contributed by atoms with Crippen molar-refractivity contribution in [1.29, 1.82) is 0 Å². The Morgan fingerprint density at radius 2 is 2.14 bits per heavy atom. The number of carbonyl (C=O) groups is 1. The third-order valence-corrected chi connectivity index (χ3v) is 1.85. The summed E-state index contributed by atoms with van der Waals surface area (Å²) in [6.07, 6.45) is -2.89. The summed E-state index contributed by atoms with van der Waals surface area (Å²) >= 11 is 5.38. The largest absolute Gasteiger partial charge is 0.364 e. The van der Waals surface area contributed by atoms with Crippen LogP contribution in [0.1, 0.15) is 22.6 Å². The number of hydrogen-bond donors (Lipinski definition) is 2. The van der Waals surface area contributed by atoms with Gasteiger partial charge < -0.3 is 10.7 Å². The van der Waals surface area contributed by atoms with Gasteiger partial charge in [0, 0.05) is 6.07 Å². The van der Waals surface area contributed by atoms with Gasteiger partial charge in [-0.15, -0.1) is 0 Å². The Balaban J connectivity index is 3.43. The Morgan fingerprint density at radius 3 is 2.57 bits per heavy atom. The van der Waals surface area contributed by atoms with Crippen LogP contribution in [0.15, 0.2) is 10.9 Å². The number of rotatable bonds is 2. The molecule has 1 aromatic heterocycles. The summed E-state index contributed by atoms with van der Waals surface area (Å²) in [6, 6.07) is 0.624. The second kappa shape index (κ2) is 3.75. The predicted octanol–water partition coefficient (Wildman–Crippen LogP) is 1.06. The van der Waals surface area contributed by atoms with Gasteiger partial charge in [0.2, 0.25) is 5.43 Å². The Bertz CT molecular complexity index is 430. The fourth-order valence-corrected chi connectivity index (χ4v) is 1.05. The fraction of sp³-hybridized carbons (Fsp3) is 0.143. The summed E-state index contributed by atoms with van der Waals surface area (Å²) in [4.78, 5) is 23.6. The number of nitrogens with two attached hydrogens (primary N) is 1. The van der Waals surface area contributed by atoms with Crippen molar-refractivity contribution >= 4 is 17.5 Å². The molecular weight excluding hydrogens is 218 g/mol. The standard InChI is InChI=1S/C7H5ClF2N2O2/c8-4-3(13)1-2(6(9)10)12-5(4)7(11)14/h1,6H,(H2,11,14)(H,12,13). The molecule has 1 heterocycles. The van der Waals surface area contributed by atoms with E-state index in [9.17, 15) is 18.4 Å². The van der Waals surface area contributed by atoms with Gasteiger partial charge >= 0.3 is 0 Å². The van der Waals surface area contributed by atoms with E-state index in [1.807, 2.05) is 4.98 Å². The van der Waals surface area contributed by atoms with E-state index in [0.29, 0.717) is 6.07 Å². The van der Waals surface area contributed by atoms with Crippen molar-refractivity contribution in [2.24, 2.45) is 5.73 Å². The number of aromatic amines is 1. The topological polar surface area (TPSA) is 76.0 Å². The first-order chi connectivity index (χ1) is 6.43. The minimum Gasteiger partial charge on any atom is -0.364 e. The molecule has 0 aliphatic heterocycles. The molecule has 0 aliphatic rings. The van der Waals surface area contributed by atoms with Crippen LogP contribution in [0.2, 0.25) is 5.02 Å². The van der Waals surface area contributed by atoms with Gasteiger partial charge in [-0.2, -0.15) is 0 Å². The molecule has 0 atom stereocenters. The first-order valence-corrected chi connectivity index (χ1v) is 3.82. The number of H-pyrrole nitrogens is 1. The number of primary amides is 1. The second-order valence-electron chi connectivity index (χ2n) is 2.44. The van der Waals surface area contributed by atoms with Crippen molar-refractivity contribution in [3.05, 3.63) is 32.7 Å². The summed E-state index contributed by atoms with van der Waals surface area (Å²) in [5, 5.41) is -0.484. The van der Waals surface area contributed by atoms with Gasteiger partial charge in [0.1, 0.15) is 10.7 Å². The number of amides is 1. The van der Waals surface area contributed by atoms with Gasteiger partial charge in [-0.1, -0.05) is 11.6 Å². The van der Waals surface area contributed by atoms with E-state index in [2.05, 4.69) is 0 Å². The Labute approximate surface area is 81.7 Å². The Morgan fingerprint density at radius 1 is 1.57 bits per heavy atom. The van der Waals surface area contributed by atoms with Crippen molar-refractivity contribution < 1.29 is 13.6 Å². The van der Waals surface area contributed by atoms with Crippen LogP contribution in [0.3, 0.4) is 0 Å². The van der Waals surface area contributed by atoms with Gasteiger partial charge in [-0.25, -0.2) is 8.78 Å². The second-order valence-corrected chi connectivity index (χ2v) is 2.82. The first-order valence-electron chi connectivity index (χ1n) is 3.44. The number of pyridine rings is 1. The zero-order chi connectivity index (χ0) is 10.9. The quantitative estimate of drug-likeness (QED) is 0.785. The maximum atomic E-state index is 12.2. The van der Waals surface area contributed by atoms with Gasteiger partial charge in [-0.05, 0) is 0 Å². The summed E-state index contributed by atoms with van der Waals surface area (Å²) in [6.45, 7) is 0. The molecular formula is C7H5ClF2N2O2. The van der Waals surface area contributed by atoms with Crippen LogP contribution in [0.4, 0.5) is 8.78 Å². The molecule has 0 radical (unpaired) electrons. The lowest BCUT2D eigenvalue weighted by molar-refractivity contribution is 0.0993. The minimum absolute atomic E-state index is 0.484. The summed E-state index contributed by atoms with van der Waals surface area (Å²) in [5.74, 6) is -1.06. The molecule has 0 aromatic carbocycles. The fourth-order valence-electron chi connectivity index (χ4n) is 0.850. The van der Waals surface area contributed by atoms with E-state index >= 15 is 0 Å². The molecule has 14 heavy (non-hydrogen) atoms. The van der Waals surface area contributed by atoms with E-state index in [-0.39, 0.29) is 0 Å². The van der Waals surface area contributed by atoms with Crippen molar-refractivity contribution in [2.45, 2.75) is 6.43 Å². The molecule has 0 unspecified atom stereocenters. The lowest BCUT2D eigenvalue weighted by Gasteiger charge is -2.03. The minimum atomic E-state index is -2.89. The highest BCUT2D eigenvalue weighted by molar-refractivity contribution is 6.33. The number of aromatic nitrogens is 1. The number of carbonyl (C=O) groups excluding carboxylic acids is 1. The average Bonchev–Trinajstić information content (AvgIpc) is 2.08. The predicted molar refractivity (Wildman–Crippen MR) is 45.5 cm³/mol. The van der Waals surface area contributed by atoms with Gasteiger partial charge in [-0.3, -0.25) is 9.59 Å². The van der Waals surface area contributed by atoms with E-state index < -0.39 is 34.2 Å². The van der Waals surface area contributed by atoms with Crippen molar-refractivity contribution in [3.63, 3.8) is 0 Å². The summed E-state index contributed by atoms with van der Waals surface area (Å²) < 4.78 is 24.3. The van der Waals surface area contributed by atoms with Gasteiger partial charge in [0.15, 0.2) is 0 Å². The molecule has 0 spiro atoms. The first kappa shape index (κ1) is 10.6. The molecule has 4 nitrogen and oxygen atoms in total. The molecule has 1 rings (SSSR count). The van der Waals surface area contributed by atoms with Gasteiger partial charge in [0.05, 0.1) is 5.69 Å². The van der Waals surface area contributed by atoms with Crippen molar-refractivity contribution in [3.8, 4) is 0 Å². The van der Waals surface area contributed by atoms with Crippen LogP contribution in [0.25, 0.3) is 0 Å². The van der Waals surface area contributed by atoms with E-state index in [1.165, 1.54) is 0 Å². The molecule has 1 amide bonds. The summed E-state index contributed by atoms with van der Waals surface area (Å²) in [7, 11) is 0. The van der Waals surface area contributed by atoms with Crippen LogP contribution in [-0.2, 0) is 0 Å². The monoisotopic (exact) mass is 222 g/mol. The Hall–Kier alpha value is -1.43. The molecule has 3 N–H and O–H groups in total. The molecule has 0 saturated carbocycles. The van der Waals surface area contributed by atoms with Crippen LogP contribution in [-0.4, -0.2) is 10.9 Å². The number of hydrogen-bond acceptors (Lipinski definition) is 2. The van der Waals surface area contributed by atoms with E-state index in [0.717, 1.165) is 0 Å². The molecule has 0 saturated heterocycles. The molecule has 0 bridgehead atoms. The third kappa shape index (κ3) is 1.90. The molecule has 76 valence electrons. The zero-order valence-corrected chi connectivity index (χ0v) is 7.44. The molecule has 0 fully saturated rings. The van der Waals surface area contributed by atoms with Crippen molar-refractivity contribution in [1.82, 2.24) is 4.98 Å². The van der Waals surface area contributed by atoms with E-state index in [4.69, 9.17) is 17.3 Å². The lowest BCUT2D eigenvalue weighted by Crippen LogP contribution is -2.19. The van der Waals surface area contributed by atoms with Crippen molar-refractivity contribution in [2.75, 3.05) is 0 Å². The maximum Gasteiger partial charge on any atom is 0.278 e.